The highest BCUT2D eigenvalue weighted by Crippen LogP contribution is 2.11. The Balaban J connectivity index is 1.76. The lowest BCUT2D eigenvalue weighted by molar-refractivity contribution is -0.141. The minimum absolute atomic E-state index is 0.211. The van der Waals surface area contributed by atoms with Crippen molar-refractivity contribution in [3.8, 4) is 0 Å². The molecule has 116 valence electrons. The van der Waals surface area contributed by atoms with E-state index in [0.717, 1.165) is 19.4 Å². The van der Waals surface area contributed by atoms with Crippen molar-refractivity contribution < 1.29 is 14.7 Å². The number of nitrogens with one attached hydrogen (secondary N) is 3. The molecule has 1 saturated heterocycles. The second-order valence-corrected chi connectivity index (χ2v) is 5.42. The first-order valence-electron chi connectivity index (χ1n) is 7.38. The Hall–Kier alpha value is -1.89. The number of nitrogens with zero attached hydrogens (tertiary/aromatic N) is 1. The van der Waals surface area contributed by atoms with E-state index in [1.54, 1.807) is 6.20 Å². The van der Waals surface area contributed by atoms with Gasteiger partial charge in [-0.1, -0.05) is 6.42 Å². The molecule has 21 heavy (non-hydrogen) atoms. The zero-order valence-corrected chi connectivity index (χ0v) is 12.0. The van der Waals surface area contributed by atoms with Gasteiger partial charge in [0.1, 0.15) is 6.04 Å². The monoisotopic (exact) mass is 294 g/mol. The molecular weight excluding hydrogens is 272 g/mol. The molecule has 0 bridgehead atoms. The normalized spacial score (nSPS) is 19.9. The number of amides is 1. The molecule has 0 radical (unpaired) electrons. The maximum Gasteiger partial charge on any atom is 0.326 e. The van der Waals surface area contributed by atoms with E-state index in [4.69, 9.17) is 0 Å². The number of rotatable bonds is 7. The maximum atomic E-state index is 11.9. The molecule has 2 heterocycles. The van der Waals surface area contributed by atoms with Gasteiger partial charge in [0, 0.05) is 30.8 Å². The Morgan fingerprint density at radius 2 is 2.33 bits per heavy atom. The first kappa shape index (κ1) is 15.5. The summed E-state index contributed by atoms with van der Waals surface area (Å²) in [5, 5.41) is 15.1. The van der Waals surface area contributed by atoms with Crippen molar-refractivity contribution in [1.29, 1.82) is 0 Å². The molecule has 1 aliphatic heterocycles. The summed E-state index contributed by atoms with van der Waals surface area (Å²) in [5.41, 5.74) is 0.691. The summed E-state index contributed by atoms with van der Waals surface area (Å²) in [6.07, 6.45) is 7.84. The summed E-state index contributed by atoms with van der Waals surface area (Å²) < 4.78 is 0. The van der Waals surface area contributed by atoms with Gasteiger partial charge < -0.3 is 20.7 Å². The molecule has 1 aromatic rings. The Bertz CT molecular complexity index is 455. The molecule has 0 saturated carbocycles. The van der Waals surface area contributed by atoms with E-state index in [0.29, 0.717) is 18.2 Å². The number of hydrogen-bond donors (Lipinski definition) is 4. The SMILES string of the molecule is O=C(CCC1CCCCN1)NC(Cc1cnc[nH]1)C(=O)O. The summed E-state index contributed by atoms with van der Waals surface area (Å²) in [6, 6.07) is -0.544. The number of H-pyrrole nitrogens is 1. The zero-order valence-electron chi connectivity index (χ0n) is 12.0. The van der Waals surface area contributed by atoms with Crippen molar-refractivity contribution >= 4 is 11.9 Å². The van der Waals surface area contributed by atoms with Crippen molar-refractivity contribution in [2.24, 2.45) is 0 Å². The van der Waals surface area contributed by atoms with E-state index in [2.05, 4.69) is 20.6 Å². The number of hydrogen-bond acceptors (Lipinski definition) is 4. The maximum absolute atomic E-state index is 11.9. The number of piperidine rings is 1. The fourth-order valence-corrected chi connectivity index (χ4v) is 2.56. The van der Waals surface area contributed by atoms with Crippen LogP contribution in [-0.4, -0.2) is 45.6 Å². The van der Waals surface area contributed by atoms with Crippen LogP contribution in [0, 0.1) is 0 Å². The number of carbonyl (C=O) groups is 2. The summed E-state index contributed by atoms with van der Waals surface area (Å²) in [5.74, 6) is -1.25. The number of carboxylic acid groups (broad SMARTS) is 1. The van der Waals surface area contributed by atoms with Gasteiger partial charge in [0.2, 0.25) is 5.91 Å². The first-order chi connectivity index (χ1) is 10.1. The highest BCUT2D eigenvalue weighted by Gasteiger charge is 2.21. The molecule has 1 amide bonds. The van der Waals surface area contributed by atoms with Crippen LogP contribution in [0.5, 0.6) is 0 Å². The number of aromatic amines is 1. The molecule has 7 heteroatoms. The molecule has 0 aliphatic carbocycles. The van der Waals surface area contributed by atoms with Gasteiger partial charge in [-0.15, -0.1) is 0 Å². The Morgan fingerprint density at radius 3 is 2.95 bits per heavy atom. The van der Waals surface area contributed by atoms with Crippen molar-refractivity contribution in [3.63, 3.8) is 0 Å². The largest absolute Gasteiger partial charge is 0.480 e. The third-order valence-corrected chi connectivity index (χ3v) is 3.74. The molecule has 0 aromatic carbocycles. The van der Waals surface area contributed by atoms with Crippen molar-refractivity contribution in [2.75, 3.05) is 6.54 Å². The summed E-state index contributed by atoms with van der Waals surface area (Å²) in [4.78, 5) is 29.8. The molecule has 4 N–H and O–H groups in total. The fourth-order valence-electron chi connectivity index (χ4n) is 2.56. The third-order valence-electron chi connectivity index (χ3n) is 3.74. The molecule has 7 nitrogen and oxygen atoms in total. The van der Waals surface area contributed by atoms with Crippen LogP contribution in [0.4, 0.5) is 0 Å². The molecule has 1 fully saturated rings. The summed E-state index contributed by atoms with van der Waals surface area (Å²) in [7, 11) is 0. The second-order valence-electron chi connectivity index (χ2n) is 5.42. The van der Waals surface area contributed by atoms with Crippen molar-refractivity contribution in [1.82, 2.24) is 20.6 Å². The number of carboxylic acids is 1. The topological polar surface area (TPSA) is 107 Å². The molecular formula is C14H22N4O3. The number of aromatic nitrogens is 2. The number of imidazole rings is 1. The molecule has 1 aliphatic rings. The van der Waals surface area contributed by atoms with Crippen LogP contribution in [0.1, 0.15) is 37.8 Å². The molecule has 2 rings (SSSR count). The minimum Gasteiger partial charge on any atom is -0.480 e. The van der Waals surface area contributed by atoms with Gasteiger partial charge in [-0.3, -0.25) is 4.79 Å². The Labute approximate surface area is 123 Å². The van der Waals surface area contributed by atoms with Crippen LogP contribution < -0.4 is 10.6 Å². The quantitative estimate of drug-likeness (QED) is 0.584. The predicted octanol–water partition coefficient (Wildman–Crippen LogP) is 0.444. The van der Waals surface area contributed by atoms with E-state index in [-0.39, 0.29) is 12.3 Å². The van der Waals surface area contributed by atoms with Crippen LogP contribution in [0.2, 0.25) is 0 Å². The van der Waals surface area contributed by atoms with Gasteiger partial charge in [0.15, 0.2) is 0 Å². The lowest BCUT2D eigenvalue weighted by Gasteiger charge is -2.23. The van der Waals surface area contributed by atoms with E-state index in [1.807, 2.05) is 0 Å². The fraction of sp³-hybridized carbons (Fsp3) is 0.643. The predicted molar refractivity (Wildman–Crippen MR) is 76.7 cm³/mol. The lowest BCUT2D eigenvalue weighted by Crippen LogP contribution is -2.43. The van der Waals surface area contributed by atoms with Gasteiger partial charge in [0.25, 0.3) is 0 Å². The Morgan fingerprint density at radius 1 is 1.48 bits per heavy atom. The van der Waals surface area contributed by atoms with Gasteiger partial charge >= 0.3 is 5.97 Å². The average molecular weight is 294 g/mol. The molecule has 0 spiro atoms. The highest BCUT2D eigenvalue weighted by molar-refractivity contribution is 5.83. The van der Waals surface area contributed by atoms with Gasteiger partial charge in [-0.25, -0.2) is 9.78 Å². The van der Waals surface area contributed by atoms with Crippen LogP contribution in [0.3, 0.4) is 0 Å². The van der Waals surface area contributed by atoms with E-state index < -0.39 is 12.0 Å². The average Bonchev–Trinajstić information content (AvgIpc) is 2.98. The van der Waals surface area contributed by atoms with Gasteiger partial charge in [0.05, 0.1) is 6.33 Å². The van der Waals surface area contributed by atoms with Crippen LogP contribution >= 0.6 is 0 Å². The molecule has 2 atom stereocenters. The minimum atomic E-state index is -1.03. The molecule has 2 unspecified atom stereocenters. The standard InChI is InChI=1S/C14H22N4O3/c19-13(5-4-10-3-1-2-6-16-10)18-12(14(20)21)7-11-8-15-9-17-11/h8-10,12,16H,1-7H2,(H,15,17)(H,18,19)(H,20,21). The smallest absolute Gasteiger partial charge is 0.326 e. The third kappa shape index (κ3) is 5.18. The van der Waals surface area contributed by atoms with E-state index in [1.165, 1.54) is 19.2 Å². The van der Waals surface area contributed by atoms with Crippen LogP contribution in [0.15, 0.2) is 12.5 Å². The summed E-state index contributed by atoms with van der Waals surface area (Å²) >= 11 is 0. The van der Waals surface area contributed by atoms with E-state index >= 15 is 0 Å². The van der Waals surface area contributed by atoms with Gasteiger partial charge in [-0.05, 0) is 25.8 Å². The lowest BCUT2D eigenvalue weighted by atomic mass is 10.0. The van der Waals surface area contributed by atoms with Crippen molar-refractivity contribution in [3.05, 3.63) is 18.2 Å². The van der Waals surface area contributed by atoms with Crippen LogP contribution in [-0.2, 0) is 16.0 Å². The van der Waals surface area contributed by atoms with E-state index in [9.17, 15) is 14.7 Å². The second kappa shape index (κ2) is 7.78. The van der Waals surface area contributed by atoms with Crippen LogP contribution in [0.25, 0.3) is 0 Å². The Kier molecular flexibility index (Phi) is 5.74. The highest BCUT2D eigenvalue weighted by atomic mass is 16.4. The number of carbonyl (C=O) groups excluding carboxylic acids is 1. The van der Waals surface area contributed by atoms with Gasteiger partial charge in [-0.2, -0.15) is 0 Å². The zero-order chi connectivity index (χ0) is 15.1. The van der Waals surface area contributed by atoms with Crippen molar-refractivity contribution in [2.45, 2.75) is 50.6 Å². The first-order valence-corrected chi connectivity index (χ1v) is 7.38. The summed E-state index contributed by atoms with van der Waals surface area (Å²) in [6.45, 7) is 1.00. The molecule has 1 aromatic heterocycles. The number of aliphatic carboxylic acids is 1.